The Morgan fingerprint density at radius 2 is 1.96 bits per heavy atom. The molecule has 120 valence electrons. The Morgan fingerprint density at radius 3 is 2.57 bits per heavy atom. The number of hydrogen-bond acceptors (Lipinski definition) is 6. The van der Waals surface area contributed by atoms with E-state index in [1.165, 1.54) is 18.1 Å². The highest BCUT2D eigenvalue weighted by molar-refractivity contribution is 7.98. The highest BCUT2D eigenvalue weighted by Crippen LogP contribution is 2.29. The van der Waals surface area contributed by atoms with Gasteiger partial charge in [-0.3, -0.25) is 0 Å². The summed E-state index contributed by atoms with van der Waals surface area (Å²) < 4.78 is 43.3. The van der Waals surface area contributed by atoms with E-state index in [-0.39, 0.29) is 5.82 Å². The van der Waals surface area contributed by atoms with Gasteiger partial charge in [-0.2, -0.15) is 23.3 Å². The molecule has 0 N–H and O–H groups in total. The first-order chi connectivity index (χ1) is 11.0. The molecule has 0 saturated heterocycles. The maximum absolute atomic E-state index is 12.5. The molecule has 0 aliphatic carbocycles. The second kappa shape index (κ2) is 6.03. The van der Waals surface area contributed by atoms with Crippen LogP contribution in [-0.4, -0.2) is 31.2 Å². The van der Waals surface area contributed by atoms with E-state index in [2.05, 4.69) is 24.7 Å². The van der Waals surface area contributed by atoms with Crippen molar-refractivity contribution in [3.63, 3.8) is 0 Å². The van der Waals surface area contributed by atoms with Gasteiger partial charge in [0, 0.05) is 5.56 Å². The van der Waals surface area contributed by atoms with Crippen LogP contribution in [0.2, 0.25) is 0 Å². The molecular formula is C13H10F3N5OS. The lowest BCUT2D eigenvalue weighted by Crippen LogP contribution is -2.05. The van der Waals surface area contributed by atoms with E-state index in [9.17, 15) is 13.2 Å². The molecule has 2 heterocycles. The van der Waals surface area contributed by atoms with E-state index in [0.29, 0.717) is 12.1 Å². The van der Waals surface area contributed by atoms with Gasteiger partial charge in [-0.1, -0.05) is 41.2 Å². The zero-order valence-corrected chi connectivity index (χ0v) is 12.6. The van der Waals surface area contributed by atoms with Crippen molar-refractivity contribution in [1.29, 1.82) is 0 Å². The fraction of sp³-hybridized carbons (Fsp3) is 0.231. The molecule has 0 amide bonds. The number of rotatable bonds is 4. The number of benzene rings is 1. The Hall–Kier alpha value is -2.36. The van der Waals surface area contributed by atoms with E-state index >= 15 is 0 Å². The van der Waals surface area contributed by atoms with Crippen LogP contribution in [-0.2, 0) is 12.7 Å². The normalized spacial score (nSPS) is 11.8. The predicted molar refractivity (Wildman–Crippen MR) is 75.6 cm³/mol. The van der Waals surface area contributed by atoms with Crippen LogP contribution in [0.15, 0.2) is 40.3 Å². The highest BCUT2D eigenvalue weighted by Gasteiger charge is 2.38. The summed E-state index contributed by atoms with van der Waals surface area (Å²) in [5.41, 5.74) is 1.37. The van der Waals surface area contributed by atoms with Crippen LogP contribution in [0.25, 0.3) is 11.4 Å². The number of aromatic nitrogens is 5. The molecule has 3 aromatic rings. The SMILES string of the molecule is CSc1ncnn1Cc1ccc(-c2noc(C(F)(F)F)n2)cc1. The summed E-state index contributed by atoms with van der Waals surface area (Å²) in [7, 11) is 0. The Bertz CT molecular complexity index is 797. The van der Waals surface area contributed by atoms with E-state index < -0.39 is 12.1 Å². The molecule has 0 saturated carbocycles. The average molecular weight is 341 g/mol. The lowest BCUT2D eigenvalue weighted by atomic mass is 10.1. The van der Waals surface area contributed by atoms with Gasteiger partial charge in [0.15, 0.2) is 5.16 Å². The van der Waals surface area contributed by atoms with E-state index in [4.69, 9.17) is 0 Å². The summed E-state index contributed by atoms with van der Waals surface area (Å²) in [5, 5.41) is 8.24. The number of alkyl halides is 3. The van der Waals surface area contributed by atoms with Crippen molar-refractivity contribution in [2.24, 2.45) is 0 Å². The lowest BCUT2D eigenvalue weighted by molar-refractivity contribution is -0.159. The van der Waals surface area contributed by atoms with Crippen LogP contribution >= 0.6 is 11.8 Å². The van der Waals surface area contributed by atoms with Crippen molar-refractivity contribution in [1.82, 2.24) is 24.9 Å². The Balaban J connectivity index is 1.78. The first kappa shape index (κ1) is 15.5. The zero-order chi connectivity index (χ0) is 16.4. The molecule has 0 aliphatic rings. The molecule has 1 aromatic carbocycles. The Labute approximate surface area is 132 Å². The smallest absolute Gasteiger partial charge is 0.329 e. The van der Waals surface area contributed by atoms with E-state index in [1.54, 1.807) is 28.9 Å². The third-order valence-electron chi connectivity index (χ3n) is 2.98. The molecule has 0 atom stereocenters. The van der Waals surface area contributed by atoms with Crippen molar-refractivity contribution in [2.75, 3.05) is 6.26 Å². The van der Waals surface area contributed by atoms with Crippen molar-refractivity contribution in [3.05, 3.63) is 42.0 Å². The van der Waals surface area contributed by atoms with Crippen LogP contribution in [0.1, 0.15) is 11.5 Å². The quantitative estimate of drug-likeness (QED) is 0.679. The minimum atomic E-state index is -4.65. The summed E-state index contributed by atoms with van der Waals surface area (Å²) >= 11 is 1.48. The summed E-state index contributed by atoms with van der Waals surface area (Å²) in [6.07, 6.45) is -1.28. The molecule has 0 spiro atoms. The van der Waals surface area contributed by atoms with Gasteiger partial charge in [0.2, 0.25) is 5.82 Å². The summed E-state index contributed by atoms with van der Waals surface area (Å²) in [5.74, 6) is -1.46. The minimum Gasteiger partial charge on any atom is -0.329 e. The van der Waals surface area contributed by atoms with Gasteiger partial charge in [-0.05, 0) is 11.8 Å². The second-order valence-electron chi connectivity index (χ2n) is 4.52. The molecule has 2 aromatic heterocycles. The molecule has 6 nitrogen and oxygen atoms in total. The van der Waals surface area contributed by atoms with Gasteiger partial charge >= 0.3 is 12.1 Å². The molecule has 0 bridgehead atoms. The first-order valence-electron chi connectivity index (χ1n) is 6.39. The molecule has 0 aliphatic heterocycles. The Morgan fingerprint density at radius 1 is 1.22 bits per heavy atom. The van der Waals surface area contributed by atoms with Crippen molar-refractivity contribution in [2.45, 2.75) is 17.9 Å². The molecule has 10 heteroatoms. The van der Waals surface area contributed by atoms with Crippen LogP contribution in [0.4, 0.5) is 13.2 Å². The first-order valence-corrected chi connectivity index (χ1v) is 7.62. The molecule has 23 heavy (non-hydrogen) atoms. The van der Waals surface area contributed by atoms with E-state index in [0.717, 1.165) is 10.7 Å². The molecule has 0 unspecified atom stereocenters. The standard InChI is InChI=1S/C13H10F3N5OS/c1-23-12-17-7-18-21(12)6-8-2-4-9(5-3-8)10-19-11(22-20-10)13(14,15)16/h2-5,7H,6H2,1H3. The third kappa shape index (κ3) is 3.36. The maximum Gasteiger partial charge on any atom is 0.471 e. The maximum atomic E-state index is 12.5. The number of nitrogens with zero attached hydrogens (tertiary/aromatic N) is 5. The van der Waals surface area contributed by atoms with Gasteiger partial charge in [-0.25, -0.2) is 9.67 Å². The topological polar surface area (TPSA) is 69.6 Å². The van der Waals surface area contributed by atoms with Crippen molar-refractivity contribution < 1.29 is 17.7 Å². The lowest BCUT2D eigenvalue weighted by Gasteiger charge is -2.04. The molecule has 0 fully saturated rings. The van der Waals surface area contributed by atoms with Crippen LogP contribution in [0.5, 0.6) is 0 Å². The largest absolute Gasteiger partial charge is 0.471 e. The predicted octanol–water partition coefficient (Wildman–Crippen LogP) is 3.12. The molecule has 0 radical (unpaired) electrons. The molecule has 3 rings (SSSR count). The number of hydrogen-bond donors (Lipinski definition) is 0. The zero-order valence-electron chi connectivity index (χ0n) is 11.8. The van der Waals surface area contributed by atoms with Gasteiger partial charge < -0.3 is 4.52 Å². The third-order valence-corrected chi connectivity index (χ3v) is 3.66. The van der Waals surface area contributed by atoms with Crippen LogP contribution < -0.4 is 0 Å². The number of thioether (sulfide) groups is 1. The van der Waals surface area contributed by atoms with Gasteiger partial charge in [0.05, 0.1) is 6.54 Å². The molecular weight excluding hydrogens is 331 g/mol. The second-order valence-corrected chi connectivity index (χ2v) is 5.30. The van der Waals surface area contributed by atoms with Gasteiger partial charge in [0.1, 0.15) is 6.33 Å². The minimum absolute atomic E-state index is 0.102. The van der Waals surface area contributed by atoms with Gasteiger partial charge in [0.25, 0.3) is 0 Å². The highest BCUT2D eigenvalue weighted by atomic mass is 32.2. The van der Waals surface area contributed by atoms with Gasteiger partial charge in [-0.15, -0.1) is 0 Å². The van der Waals surface area contributed by atoms with Crippen molar-refractivity contribution in [3.8, 4) is 11.4 Å². The average Bonchev–Trinajstić information content (AvgIpc) is 3.16. The van der Waals surface area contributed by atoms with Crippen molar-refractivity contribution >= 4 is 11.8 Å². The van der Waals surface area contributed by atoms with E-state index in [1.807, 2.05) is 6.26 Å². The summed E-state index contributed by atoms with van der Waals surface area (Å²) in [4.78, 5) is 7.45. The Kier molecular flexibility index (Phi) is 4.07. The monoisotopic (exact) mass is 341 g/mol. The van der Waals surface area contributed by atoms with Crippen LogP contribution in [0.3, 0.4) is 0 Å². The number of halogens is 3. The summed E-state index contributed by atoms with van der Waals surface area (Å²) in [6, 6.07) is 6.81. The summed E-state index contributed by atoms with van der Waals surface area (Å²) in [6.45, 7) is 0.510. The van der Waals surface area contributed by atoms with Crippen LogP contribution in [0, 0.1) is 0 Å². The fourth-order valence-corrected chi connectivity index (χ4v) is 2.38. The fourth-order valence-electron chi connectivity index (χ4n) is 1.91.